The van der Waals surface area contributed by atoms with E-state index in [1.165, 1.54) is 13.1 Å². The Morgan fingerprint density at radius 1 is 1.20 bits per heavy atom. The molecular formula is C12H12BrN2NaO4. The number of hydrogen-bond acceptors (Lipinski definition) is 4. The first kappa shape index (κ1) is 19.1. The molecule has 0 radical (unpaired) electrons. The summed E-state index contributed by atoms with van der Waals surface area (Å²) in [6.07, 6.45) is -0.522. The van der Waals surface area contributed by atoms with Crippen LogP contribution in [-0.2, 0) is 9.59 Å². The van der Waals surface area contributed by atoms with Gasteiger partial charge in [-0.1, -0.05) is 15.9 Å². The number of carbonyl (C=O) groups is 3. The number of amides is 2. The van der Waals surface area contributed by atoms with Crippen molar-refractivity contribution in [2.24, 2.45) is 0 Å². The van der Waals surface area contributed by atoms with Crippen LogP contribution in [0.25, 0.3) is 0 Å². The molecule has 6 nitrogen and oxygen atoms in total. The van der Waals surface area contributed by atoms with Crippen LogP contribution < -0.4 is 45.3 Å². The molecule has 20 heavy (non-hydrogen) atoms. The standard InChI is InChI=1S/C12H13BrN2O4.Na/c1-14-12(19)7-4-8(13)6-9(5-7)15-10(16)2-3-11(17)18;/h4-6H,2-3H2,1H3,(H,14,19)(H,15,16)(H,17,18);/q;+1/p-1. The van der Waals surface area contributed by atoms with E-state index < -0.39 is 11.9 Å². The summed E-state index contributed by atoms with van der Waals surface area (Å²) in [5.74, 6) is -2.02. The molecule has 1 aromatic rings. The number of anilines is 1. The minimum absolute atomic E-state index is 0. The number of carbonyl (C=O) groups excluding carboxylic acids is 3. The summed E-state index contributed by atoms with van der Waals surface area (Å²) < 4.78 is 0.629. The van der Waals surface area contributed by atoms with E-state index in [0.29, 0.717) is 15.7 Å². The van der Waals surface area contributed by atoms with E-state index in [9.17, 15) is 19.5 Å². The molecule has 102 valence electrons. The fourth-order valence-corrected chi connectivity index (χ4v) is 1.87. The summed E-state index contributed by atoms with van der Waals surface area (Å²) in [4.78, 5) is 33.2. The van der Waals surface area contributed by atoms with Crippen molar-refractivity contribution in [1.29, 1.82) is 0 Å². The van der Waals surface area contributed by atoms with Crippen LogP contribution in [-0.4, -0.2) is 24.8 Å². The molecule has 0 saturated carbocycles. The van der Waals surface area contributed by atoms with Gasteiger partial charge >= 0.3 is 29.6 Å². The van der Waals surface area contributed by atoms with Gasteiger partial charge in [0.05, 0.1) is 0 Å². The van der Waals surface area contributed by atoms with Gasteiger partial charge in [-0.15, -0.1) is 0 Å². The third kappa shape index (κ3) is 6.51. The fourth-order valence-electron chi connectivity index (χ4n) is 1.38. The maximum atomic E-state index is 11.5. The van der Waals surface area contributed by atoms with Gasteiger partial charge in [0.25, 0.3) is 5.91 Å². The minimum atomic E-state index is -1.28. The van der Waals surface area contributed by atoms with E-state index in [4.69, 9.17) is 0 Å². The van der Waals surface area contributed by atoms with Crippen LogP contribution in [0.3, 0.4) is 0 Å². The number of aliphatic carboxylic acids is 1. The average molecular weight is 351 g/mol. The topological polar surface area (TPSA) is 98.3 Å². The summed E-state index contributed by atoms with van der Waals surface area (Å²) in [6.45, 7) is 0. The first-order chi connectivity index (χ1) is 8.92. The molecule has 2 N–H and O–H groups in total. The van der Waals surface area contributed by atoms with Gasteiger partial charge in [0.2, 0.25) is 5.91 Å². The molecule has 0 aliphatic carbocycles. The molecule has 0 atom stereocenters. The molecule has 0 aromatic heterocycles. The Labute approximate surface area is 146 Å². The van der Waals surface area contributed by atoms with Crippen LogP contribution in [0.15, 0.2) is 22.7 Å². The van der Waals surface area contributed by atoms with Crippen LogP contribution in [0.5, 0.6) is 0 Å². The second-order valence-electron chi connectivity index (χ2n) is 3.73. The van der Waals surface area contributed by atoms with Gasteiger partial charge in [-0.3, -0.25) is 9.59 Å². The van der Waals surface area contributed by atoms with Gasteiger partial charge in [0.1, 0.15) is 0 Å². The molecular weight excluding hydrogens is 339 g/mol. The molecule has 0 spiro atoms. The van der Waals surface area contributed by atoms with Gasteiger partial charge in [-0.25, -0.2) is 0 Å². The van der Waals surface area contributed by atoms with Crippen LogP contribution in [0.2, 0.25) is 0 Å². The quantitative estimate of drug-likeness (QED) is 0.564. The van der Waals surface area contributed by atoms with Crippen molar-refractivity contribution < 1.29 is 49.0 Å². The SMILES string of the molecule is CNC(=O)c1cc(Br)cc(NC(=O)CCC(=O)[O-])c1.[Na+]. The molecule has 2 amide bonds. The first-order valence-electron chi connectivity index (χ1n) is 5.44. The van der Waals surface area contributed by atoms with Crippen LogP contribution in [0.4, 0.5) is 5.69 Å². The fraction of sp³-hybridized carbons (Fsp3) is 0.250. The van der Waals surface area contributed by atoms with E-state index in [2.05, 4.69) is 26.6 Å². The Kier molecular flexibility index (Phi) is 8.71. The summed E-state index contributed by atoms with van der Waals surface area (Å²) in [7, 11) is 1.50. The Balaban J connectivity index is 0.00000361. The molecule has 0 aliphatic heterocycles. The van der Waals surface area contributed by atoms with E-state index in [0.717, 1.165) is 0 Å². The molecule has 0 unspecified atom stereocenters. The van der Waals surface area contributed by atoms with Crippen molar-refractivity contribution in [1.82, 2.24) is 5.32 Å². The summed E-state index contributed by atoms with van der Waals surface area (Å²) in [6, 6.07) is 4.72. The van der Waals surface area contributed by atoms with Crippen LogP contribution >= 0.6 is 15.9 Å². The maximum Gasteiger partial charge on any atom is 1.00 e. The van der Waals surface area contributed by atoms with Gasteiger partial charge < -0.3 is 20.5 Å². The third-order valence-electron chi connectivity index (χ3n) is 2.23. The normalized spacial score (nSPS) is 9.30. The predicted molar refractivity (Wildman–Crippen MR) is 70.4 cm³/mol. The predicted octanol–water partition coefficient (Wildman–Crippen LogP) is -2.72. The van der Waals surface area contributed by atoms with Crippen molar-refractivity contribution in [3.63, 3.8) is 0 Å². The molecule has 0 bridgehead atoms. The zero-order chi connectivity index (χ0) is 14.4. The summed E-state index contributed by atoms with van der Waals surface area (Å²) in [5, 5.41) is 15.2. The smallest absolute Gasteiger partial charge is 0.550 e. The second kappa shape index (κ2) is 9.12. The van der Waals surface area contributed by atoms with E-state index in [1.807, 2.05) is 0 Å². The Morgan fingerprint density at radius 3 is 2.40 bits per heavy atom. The Hall–Kier alpha value is -0.890. The van der Waals surface area contributed by atoms with Gasteiger partial charge in [0, 0.05) is 35.2 Å². The van der Waals surface area contributed by atoms with Gasteiger partial charge in [0.15, 0.2) is 0 Å². The van der Waals surface area contributed by atoms with Crippen LogP contribution in [0, 0.1) is 0 Å². The van der Waals surface area contributed by atoms with Crippen molar-refractivity contribution in [2.45, 2.75) is 12.8 Å². The third-order valence-corrected chi connectivity index (χ3v) is 2.68. The number of carboxylic acids is 1. The van der Waals surface area contributed by atoms with Crippen molar-refractivity contribution in [3.05, 3.63) is 28.2 Å². The molecule has 0 aliphatic rings. The molecule has 0 saturated heterocycles. The van der Waals surface area contributed by atoms with Gasteiger partial charge in [-0.2, -0.15) is 0 Å². The molecule has 1 rings (SSSR count). The maximum absolute atomic E-state index is 11.5. The number of benzene rings is 1. The number of rotatable bonds is 5. The molecule has 0 heterocycles. The van der Waals surface area contributed by atoms with Crippen LogP contribution in [0.1, 0.15) is 23.2 Å². The van der Waals surface area contributed by atoms with E-state index in [-0.39, 0.29) is 48.3 Å². The van der Waals surface area contributed by atoms with Gasteiger partial charge in [-0.05, 0) is 24.6 Å². The van der Waals surface area contributed by atoms with Crippen molar-refractivity contribution in [2.75, 3.05) is 12.4 Å². The molecule has 0 fully saturated rings. The first-order valence-corrected chi connectivity index (χ1v) is 6.24. The van der Waals surface area contributed by atoms with E-state index >= 15 is 0 Å². The number of hydrogen-bond donors (Lipinski definition) is 2. The average Bonchev–Trinajstić information content (AvgIpc) is 2.34. The summed E-state index contributed by atoms with van der Waals surface area (Å²) in [5.41, 5.74) is 0.795. The number of halogens is 1. The number of carboxylic acid groups (broad SMARTS) is 1. The zero-order valence-electron chi connectivity index (χ0n) is 11.2. The second-order valence-corrected chi connectivity index (χ2v) is 4.64. The zero-order valence-corrected chi connectivity index (χ0v) is 14.7. The minimum Gasteiger partial charge on any atom is -0.550 e. The Morgan fingerprint density at radius 2 is 1.85 bits per heavy atom. The number of nitrogens with one attached hydrogen (secondary N) is 2. The monoisotopic (exact) mass is 350 g/mol. The van der Waals surface area contributed by atoms with Crippen molar-refractivity contribution in [3.8, 4) is 0 Å². The largest absolute Gasteiger partial charge is 1.00 e. The Bertz CT molecular complexity index is 522. The van der Waals surface area contributed by atoms with E-state index in [1.54, 1.807) is 12.1 Å². The molecule has 8 heteroatoms. The summed E-state index contributed by atoms with van der Waals surface area (Å²) >= 11 is 3.23. The molecule has 1 aromatic carbocycles. The van der Waals surface area contributed by atoms with Crippen molar-refractivity contribution >= 4 is 39.4 Å².